The van der Waals surface area contributed by atoms with Crippen LogP contribution in [0, 0.1) is 0 Å². The molecule has 0 spiro atoms. The zero-order valence-corrected chi connectivity index (χ0v) is 15.8. The number of aromatic hydroxyl groups is 1. The first kappa shape index (κ1) is 18.9. The fourth-order valence-corrected chi connectivity index (χ4v) is 3.32. The topological polar surface area (TPSA) is 78.4 Å². The van der Waals surface area contributed by atoms with Crippen LogP contribution in [0.3, 0.4) is 0 Å². The monoisotopic (exact) mass is 400 g/mol. The molecule has 0 saturated heterocycles. The summed E-state index contributed by atoms with van der Waals surface area (Å²) in [4.78, 5) is 25.8. The molecule has 0 bridgehead atoms. The first-order chi connectivity index (χ1) is 13.0. The molecule has 7 heteroatoms. The van der Waals surface area contributed by atoms with Crippen molar-refractivity contribution in [2.75, 3.05) is 5.32 Å². The Hall–Kier alpha value is -2.83. The highest BCUT2D eigenvalue weighted by Crippen LogP contribution is 2.26. The molecule has 0 radical (unpaired) electrons. The van der Waals surface area contributed by atoms with Crippen molar-refractivity contribution in [3.8, 4) is 5.75 Å². The minimum Gasteiger partial charge on any atom is -0.506 e. The van der Waals surface area contributed by atoms with Gasteiger partial charge in [0.1, 0.15) is 11.8 Å². The first-order valence-corrected chi connectivity index (χ1v) is 9.46. The number of anilines is 1. The third-order valence-corrected chi connectivity index (χ3v) is 4.97. The summed E-state index contributed by atoms with van der Waals surface area (Å²) in [5, 5.41) is 17.5. The van der Waals surface area contributed by atoms with E-state index < -0.39 is 11.9 Å². The van der Waals surface area contributed by atoms with E-state index in [0.29, 0.717) is 16.3 Å². The lowest BCUT2D eigenvalue weighted by atomic mass is 10.0. The van der Waals surface area contributed by atoms with Gasteiger partial charge in [-0.3, -0.25) is 9.59 Å². The van der Waals surface area contributed by atoms with E-state index in [2.05, 4.69) is 10.6 Å². The van der Waals surface area contributed by atoms with Crippen LogP contribution in [0.2, 0.25) is 5.02 Å². The third kappa shape index (κ3) is 5.09. The van der Waals surface area contributed by atoms with Gasteiger partial charge in [-0.05, 0) is 35.2 Å². The Balaban J connectivity index is 1.80. The maximum absolute atomic E-state index is 12.8. The van der Waals surface area contributed by atoms with Gasteiger partial charge in [-0.15, -0.1) is 11.3 Å². The summed E-state index contributed by atoms with van der Waals surface area (Å²) in [6.07, 6.45) is 0.311. The van der Waals surface area contributed by atoms with E-state index in [0.717, 1.165) is 5.56 Å². The summed E-state index contributed by atoms with van der Waals surface area (Å²) in [6.45, 7) is 0. The summed E-state index contributed by atoms with van der Waals surface area (Å²) in [6, 6.07) is 16.4. The van der Waals surface area contributed by atoms with Crippen LogP contribution in [0.1, 0.15) is 15.2 Å². The molecular weight excluding hydrogens is 384 g/mol. The molecule has 5 nitrogen and oxygen atoms in total. The summed E-state index contributed by atoms with van der Waals surface area (Å²) >= 11 is 7.23. The first-order valence-electron chi connectivity index (χ1n) is 8.20. The predicted molar refractivity (Wildman–Crippen MR) is 107 cm³/mol. The number of carbonyl (C=O) groups excluding carboxylic acids is 2. The van der Waals surface area contributed by atoms with Crippen LogP contribution in [0.4, 0.5) is 5.69 Å². The Morgan fingerprint density at radius 1 is 1.07 bits per heavy atom. The Kier molecular flexibility index (Phi) is 6.11. The van der Waals surface area contributed by atoms with Crippen LogP contribution in [-0.2, 0) is 11.2 Å². The molecule has 0 saturated carbocycles. The van der Waals surface area contributed by atoms with Crippen molar-refractivity contribution in [3.05, 3.63) is 81.5 Å². The predicted octanol–water partition coefficient (Wildman–Crippen LogP) is 4.09. The van der Waals surface area contributed by atoms with Crippen LogP contribution in [0.15, 0.2) is 66.0 Å². The van der Waals surface area contributed by atoms with Crippen LogP contribution in [-0.4, -0.2) is 23.0 Å². The fourth-order valence-electron chi connectivity index (χ4n) is 2.52. The fraction of sp³-hybridized carbons (Fsp3) is 0.100. The Labute approximate surface area is 165 Å². The van der Waals surface area contributed by atoms with E-state index >= 15 is 0 Å². The number of amides is 2. The molecular formula is C20H17ClN2O3S. The lowest BCUT2D eigenvalue weighted by Gasteiger charge is -2.19. The molecule has 1 aromatic heterocycles. The molecule has 3 rings (SSSR count). The summed E-state index contributed by atoms with van der Waals surface area (Å²) in [5.74, 6) is -0.867. The average Bonchev–Trinajstić information content (AvgIpc) is 3.20. The number of nitrogens with one attached hydrogen (secondary N) is 2. The van der Waals surface area contributed by atoms with Gasteiger partial charge in [0.25, 0.3) is 5.91 Å². The second kappa shape index (κ2) is 8.70. The van der Waals surface area contributed by atoms with Crippen LogP contribution >= 0.6 is 22.9 Å². The number of halogens is 1. The zero-order valence-electron chi connectivity index (χ0n) is 14.2. The highest BCUT2D eigenvalue weighted by molar-refractivity contribution is 7.12. The van der Waals surface area contributed by atoms with E-state index in [1.54, 1.807) is 17.5 Å². The maximum atomic E-state index is 12.8. The molecule has 0 aliphatic heterocycles. The molecule has 2 amide bonds. The van der Waals surface area contributed by atoms with Crippen molar-refractivity contribution in [2.45, 2.75) is 12.5 Å². The van der Waals surface area contributed by atoms with Gasteiger partial charge in [0.15, 0.2) is 0 Å². The molecule has 27 heavy (non-hydrogen) atoms. The summed E-state index contributed by atoms with van der Waals surface area (Å²) in [7, 11) is 0. The van der Waals surface area contributed by atoms with E-state index in [4.69, 9.17) is 11.6 Å². The summed E-state index contributed by atoms with van der Waals surface area (Å²) < 4.78 is 0. The van der Waals surface area contributed by atoms with Crippen LogP contribution in [0.5, 0.6) is 5.75 Å². The number of hydrogen-bond donors (Lipinski definition) is 3. The highest BCUT2D eigenvalue weighted by atomic mass is 35.5. The number of carbonyl (C=O) groups is 2. The lowest BCUT2D eigenvalue weighted by Crippen LogP contribution is -2.45. The molecule has 0 aliphatic carbocycles. The standard InChI is InChI=1S/C20H17ClN2O3S/c21-14-8-9-17(24)15(12-14)22-19(25)16(11-13-5-2-1-3-6-13)23-20(26)18-7-4-10-27-18/h1-10,12,16,24H,11H2,(H,22,25)(H,23,26). The van der Waals surface area contributed by atoms with Crippen molar-refractivity contribution < 1.29 is 14.7 Å². The average molecular weight is 401 g/mol. The molecule has 1 heterocycles. The molecule has 1 atom stereocenters. The smallest absolute Gasteiger partial charge is 0.262 e. The minimum absolute atomic E-state index is 0.101. The van der Waals surface area contributed by atoms with Crippen molar-refractivity contribution in [3.63, 3.8) is 0 Å². The normalized spacial score (nSPS) is 11.6. The van der Waals surface area contributed by atoms with Gasteiger partial charge in [-0.2, -0.15) is 0 Å². The lowest BCUT2D eigenvalue weighted by molar-refractivity contribution is -0.118. The maximum Gasteiger partial charge on any atom is 0.262 e. The van der Waals surface area contributed by atoms with Gasteiger partial charge < -0.3 is 15.7 Å². The van der Waals surface area contributed by atoms with E-state index in [1.165, 1.54) is 29.5 Å². The quantitative estimate of drug-likeness (QED) is 0.545. The van der Waals surface area contributed by atoms with Crippen LogP contribution < -0.4 is 10.6 Å². The van der Waals surface area contributed by atoms with Crippen LogP contribution in [0.25, 0.3) is 0 Å². The van der Waals surface area contributed by atoms with Gasteiger partial charge in [-0.1, -0.05) is 48.0 Å². The van der Waals surface area contributed by atoms with Gasteiger partial charge in [0.05, 0.1) is 10.6 Å². The number of thiophene rings is 1. The van der Waals surface area contributed by atoms with Gasteiger partial charge >= 0.3 is 0 Å². The minimum atomic E-state index is -0.819. The molecule has 1 unspecified atom stereocenters. The van der Waals surface area contributed by atoms with Gasteiger partial charge in [0.2, 0.25) is 5.91 Å². The number of phenols is 1. The van der Waals surface area contributed by atoms with E-state index in [-0.39, 0.29) is 17.3 Å². The second-order valence-electron chi connectivity index (χ2n) is 5.84. The number of benzene rings is 2. The van der Waals surface area contributed by atoms with Crippen molar-refractivity contribution >= 4 is 40.4 Å². The SMILES string of the molecule is O=C(NC(Cc1ccccc1)C(=O)Nc1cc(Cl)ccc1O)c1cccs1. The zero-order chi connectivity index (χ0) is 19.2. The molecule has 2 aromatic carbocycles. The van der Waals surface area contributed by atoms with Crippen molar-refractivity contribution in [1.29, 1.82) is 0 Å². The van der Waals surface area contributed by atoms with Gasteiger partial charge in [0, 0.05) is 11.4 Å². The molecule has 0 aliphatic rings. The Bertz CT molecular complexity index is 930. The third-order valence-electron chi connectivity index (χ3n) is 3.87. The molecule has 3 aromatic rings. The molecule has 138 valence electrons. The Morgan fingerprint density at radius 2 is 1.85 bits per heavy atom. The second-order valence-corrected chi connectivity index (χ2v) is 7.23. The van der Waals surface area contributed by atoms with Crippen molar-refractivity contribution in [1.82, 2.24) is 5.32 Å². The Morgan fingerprint density at radius 3 is 2.56 bits per heavy atom. The molecule has 0 fully saturated rings. The summed E-state index contributed by atoms with van der Waals surface area (Å²) in [5.41, 5.74) is 1.09. The molecule has 3 N–H and O–H groups in total. The van der Waals surface area contributed by atoms with Gasteiger partial charge in [-0.25, -0.2) is 0 Å². The number of hydrogen-bond acceptors (Lipinski definition) is 4. The number of rotatable bonds is 6. The van der Waals surface area contributed by atoms with Crippen molar-refractivity contribution in [2.24, 2.45) is 0 Å². The highest BCUT2D eigenvalue weighted by Gasteiger charge is 2.23. The van der Waals surface area contributed by atoms with E-state index in [9.17, 15) is 14.7 Å². The largest absolute Gasteiger partial charge is 0.506 e. The van der Waals surface area contributed by atoms with E-state index in [1.807, 2.05) is 30.3 Å². The number of phenolic OH excluding ortho intramolecular Hbond substituents is 1.